The van der Waals surface area contributed by atoms with Gasteiger partial charge in [-0.05, 0) is 6.92 Å². The van der Waals surface area contributed by atoms with Gasteiger partial charge in [0, 0.05) is 33.0 Å². The number of carbonyl (C=O) groups is 2. The van der Waals surface area contributed by atoms with Crippen LogP contribution < -0.4 is 11.2 Å². The number of methoxy groups -OCH3 is 1. The Morgan fingerprint density at radius 1 is 1.17 bits per heavy atom. The van der Waals surface area contributed by atoms with Crippen molar-refractivity contribution in [1.82, 2.24) is 9.13 Å². The maximum absolute atomic E-state index is 12.3. The van der Waals surface area contributed by atoms with Gasteiger partial charge in [-0.25, -0.2) is 4.79 Å². The molecule has 0 unspecified atom stereocenters. The van der Waals surface area contributed by atoms with Gasteiger partial charge in [0.05, 0.1) is 25.6 Å². The molecule has 24 heavy (non-hydrogen) atoms. The molecule has 0 aliphatic carbocycles. The van der Waals surface area contributed by atoms with Crippen molar-refractivity contribution in [2.75, 3.05) is 26.9 Å². The summed E-state index contributed by atoms with van der Waals surface area (Å²) in [7, 11) is 4.21. The highest BCUT2D eigenvalue weighted by Gasteiger charge is 2.29. The fourth-order valence-corrected chi connectivity index (χ4v) is 2.10. The van der Waals surface area contributed by atoms with Crippen LogP contribution in [-0.4, -0.2) is 48.0 Å². The van der Waals surface area contributed by atoms with Gasteiger partial charge in [-0.3, -0.25) is 19.0 Å². The predicted octanol–water partition coefficient (Wildman–Crippen LogP) is -0.690. The first-order valence-corrected chi connectivity index (χ1v) is 7.41. The number of hydrogen-bond donors (Lipinski definition) is 0. The number of rotatable bonds is 8. The average molecular weight is 342 g/mol. The molecule has 9 heteroatoms. The van der Waals surface area contributed by atoms with Crippen LogP contribution in [0.3, 0.4) is 0 Å². The third-order valence-electron chi connectivity index (χ3n) is 3.34. The molecule has 0 saturated carbocycles. The molecule has 1 aromatic heterocycles. The van der Waals surface area contributed by atoms with Crippen molar-refractivity contribution in [1.29, 1.82) is 0 Å². The van der Waals surface area contributed by atoms with Crippen LogP contribution in [0, 0.1) is 0 Å². The first-order valence-electron chi connectivity index (χ1n) is 7.41. The topological polar surface area (TPSA) is 106 Å². The summed E-state index contributed by atoms with van der Waals surface area (Å²) in [6.07, 6.45) is 0.880. The van der Waals surface area contributed by atoms with Crippen molar-refractivity contribution < 1.29 is 23.8 Å². The number of esters is 2. The Kier molecular flexibility index (Phi) is 7.37. The number of carbonyl (C=O) groups excluding carboxylic acids is 2. The molecule has 134 valence electrons. The van der Waals surface area contributed by atoms with Gasteiger partial charge in [-0.2, -0.15) is 0 Å². The molecule has 0 aliphatic heterocycles. The Hall–Kier alpha value is -2.42. The van der Waals surface area contributed by atoms with E-state index in [1.807, 2.05) is 0 Å². The van der Waals surface area contributed by atoms with Crippen LogP contribution in [0.15, 0.2) is 15.8 Å². The Morgan fingerprint density at radius 2 is 1.83 bits per heavy atom. The molecular formula is C15H22N2O7. The summed E-state index contributed by atoms with van der Waals surface area (Å²) >= 11 is 0. The second-order valence-electron chi connectivity index (χ2n) is 5.06. The van der Waals surface area contributed by atoms with Crippen LogP contribution in [0.5, 0.6) is 0 Å². The minimum atomic E-state index is -1.15. The standard InChI is InChI=1S/C15H22N2O7/c1-5-23-14(20)10(8-12(18)24-7-6-22-4)11-9-16(2)15(21)17(3)13(11)19/h9-10H,5-8H2,1-4H3/t10-/m1/s1. The fraction of sp³-hybridized carbons (Fsp3) is 0.600. The van der Waals surface area contributed by atoms with E-state index in [-0.39, 0.29) is 31.8 Å². The van der Waals surface area contributed by atoms with Gasteiger partial charge in [0.25, 0.3) is 5.56 Å². The molecule has 9 nitrogen and oxygen atoms in total. The second kappa shape index (κ2) is 9.02. The lowest BCUT2D eigenvalue weighted by Crippen LogP contribution is -2.40. The predicted molar refractivity (Wildman–Crippen MR) is 83.8 cm³/mol. The quantitative estimate of drug-likeness (QED) is 0.455. The van der Waals surface area contributed by atoms with Crippen LogP contribution in [0.4, 0.5) is 0 Å². The van der Waals surface area contributed by atoms with E-state index in [0.717, 1.165) is 4.57 Å². The summed E-state index contributed by atoms with van der Waals surface area (Å²) < 4.78 is 16.7. The van der Waals surface area contributed by atoms with Crippen molar-refractivity contribution in [3.05, 3.63) is 32.6 Å². The van der Waals surface area contributed by atoms with Gasteiger partial charge in [0.1, 0.15) is 6.61 Å². The van der Waals surface area contributed by atoms with Crippen molar-refractivity contribution in [3.8, 4) is 0 Å². The van der Waals surface area contributed by atoms with Crippen molar-refractivity contribution in [3.63, 3.8) is 0 Å². The number of hydrogen-bond acceptors (Lipinski definition) is 7. The Morgan fingerprint density at radius 3 is 2.42 bits per heavy atom. The van der Waals surface area contributed by atoms with Gasteiger partial charge in [-0.15, -0.1) is 0 Å². The largest absolute Gasteiger partial charge is 0.466 e. The lowest BCUT2D eigenvalue weighted by Gasteiger charge is -2.16. The lowest BCUT2D eigenvalue weighted by molar-refractivity contribution is -0.152. The van der Waals surface area contributed by atoms with Crippen LogP contribution in [-0.2, 0) is 37.9 Å². The highest BCUT2D eigenvalue weighted by atomic mass is 16.6. The SMILES string of the molecule is CCOC(=O)[C@H](CC(=O)OCCOC)c1cn(C)c(=O)n(C)c1=O. The zero-order chi connectivity index (χ0) is 18.3. The zero-order valence-electron chi connectivity index (χ0n) is 14.2. The summed E-state index contributed by atoms with van der Waals surface area (Å²) in [4.78, 5) is 48.1. The van der Waals surface area contributed by atoms with E-state index in [4.69, 9.17) is 14.2 Å². The van der Waals surface area contributed by atoms with Crippen molar-refractivity contribution in [2.45, 2.75) is 19.3 Å². The second-order valence-corrected chi connectivity index (χ2v) is 5.06. The number of ether oxygens (including phenoxy) is 3. The van der Waals surface area contributed by atoms with Crippen molar-refractivity contribution >= 4 is 11.9 Å². The number of aromatic nitrogens is 2. The summed E-state index contributed by atoms with van der Waals surface area (Å²) in [5, 5.41) is 0. The molecule has 1 heterocycles. The molecule has 0 fully saturated rings. The maximum atomic E-state index is 12.3. The van der Waals surface area contributed by atoms with Gasteiger partial charge in [0.15, 0.2) is 0 Å². The van der Waals surface area contributed by atoms with Crippen LogP contribution in [0.1, 0.15) is 24.8 Å². The highest BCUT2D eigenvalue weighted by Crippen LogP contribution is 2.18. The molecule has 0 bridgehead atoms. The van der Waals surface area contributed by atoms with E-state index in [1.165, 1.54) is 32.0 Å². The van der Waals surface area contributed by atoms with Crippen LogP contribution in [0.25, 0.3) is 0 Å². The molecule has 0 N–H and O–H groups in total. The first kappa shape index (κ1) is 19.6. The molecule has 0 aliphatic rings. The number of aryl methyl sites for hydroxylation is 1. The Labute approximate surface area is 138 Å². The minimum absolute atomic E-state index is 0.00161. The van der Waals surface area contributed by atoms with E-state index in [1.54, 1.807) is 6.92 Å². The maximum Gasteiger partial charge on any atom is 0.330 e. The molecule has 1 atom stereocenters. The third-order valence-corrected chi connectivity index (χ3v) is 3.34. The van der Waals surface area contributed by atoms with Crippen LogP contribution in [0.2, 0.25) is 0 Å². The molecular weight excluding hydrogens is 320 g/mol. The minimum Gasteiger partial charge on any atom is -0.466 e. The van der Waals surface area contributed by atoms with Crippen LogP contribution >= 0.6 is 0 Å². The Bertz CT molecular complexity index is 705. The smallest absolute Gasteiger partial charge is 0.330 e. The van der Waals surface area contributed by atoms with Gasteiger partial charge in [0.2, 0.25) is 0 Å². The first-order chi connectivity index (χ1) is 11.3. The summed E-state index contributed by atoms with van der Waals surface area (Å²) in [5.41, 5.74) is -1.18. The van der Waals surface area contributed by atoms with E-state index in [9.17, 15) is 19.2 Å². The average Bonchev–Trinajstić information content (AvgIpc) is 2.54. The molecule has 1 aromatic rings. The Balaban J connectivity index is 3.16. The zero-order valence-corrected chi connectivity index (χ0v) is 14.2. The van der Waals surface area contributed by atoms with E-state index >= 15 is 0 Å². The van der Waals surface area contributed by atoms with E-state index in [2.05, 4.69) is 0 Å². The lowest BCUT2D eigenvalue weighted by atomic mass is 9.98. The van der Waals surface area contributed by atoms with Gasteiger partial charge >= 0.3 is 17.6 Å². The summed E-state index contributed by atoms with van der Waals surface area (Å²) in [5.74, 6) is -2.54. The fourth-order valence-electron chi connectivity index (χ4n) is 2.10. The summed E-state index contributed by atoms with van der Waals surface area (Å²) in [6.45, 7) is 1.97. The van der Waals surface area contributed by atoms with Gasteiger partial charge < -0.3 is 18.8 Å². The molecule has 0 aromatic carbocycles. The summed E-state index contributed by atoms with van der Waals surface area (Å²) in [6, 6.07) is 0. The van der Waals surface area contributed by atoms with Gasteiger partial charge in [-0.1, -0.05) is 0 Å². The number of nitrogens with zero attached hydrogens (tertiary/aromatic N) is 2. The molecule has 0 spiro atoms. The van der Waals surface area contributed by atoms with E-state index in [0.29, 0.717) is 0 Å². The molecule has 0 saturated heterocycles. The normalized spacial score (nSPS) is 11.8. The van der Waals surface area contributed by atoms with E-state index < -0.39 is 29.1 Å². The van der Waals surface area contributed by atoms with Crippen molar-refractivity contribution in [2.24, 2.45) is 14.1 Å². The highest BCUT2D eigenvalue weighted by molar-refractivity contribution is 5.84. The molecule has 0 radical (unpaired) electrons. The monoisotopic (exact) mass is 342 g/mol. The third kappa shape index (κ3) is 4.79. The molecule has 0 amide bonds. The molecule has 1 rings (SSSR count).